The van der Waals surface area contributed by atoms with Crippen LogP contribution in [0.25, 0.3) is 10.9 Å². The first-order valence-electron chi connectivity index (χ1n) is 13.4. The van der Waals surface area contributed by atoms with E-state index in [4.69, 9.17) is 14.2 Å². The number of hydrogen-bond donors (Lipinski definition) is 1. The molecule has 202 valence electrons. The summed E-state index contributed by atoms with van der Waals surface area (Å²) in [5, 5.41) is 16.2. The van der Waals surface area contributed by atoms with Crippen LogP contribution in [-0.4, -0.2) is 80.7 Å². The summed E-state index contributed by atoms with van der Waals surface area (Å²) in [5.41, 5.74) is 1.30. The van der Waals surface area contributed by atoms with E-state index in [-0.39, 0.29) is 24.5 Å². The van der Waals surface area contributed by atoms with Gasteiger partial charge in [0.2, 0.25) is 5.82 Å². The second kappa shape index (κ2) is 9.07. The molecule has 2 aliphatic heterocycles. The Labute approximate surface area is 220 Å². The molecule has 1 N–H and O–H groups in total. The van der Waals surface area contributed by atoms with E-state index in [1.807, 2.05) is 31.4 Å². The third-order valence-corrected chi connectivity index (χ3v) is 8.07. The number of esters is 1. The number of nitrogens with zero attached hydrogens (tertiary/aromatic N) is 5. The smallest absolute Gasteiger partial charge is 0.410 e. The molecule has 1 saturated carbocycles. The molecule has 4 heterocycles. The van der Waals surface area contributed by atoms with Crippen LogP contribution >= 0.6 is 0 Å². The van der Waals surface area contributed by atoms with E-state index >= 15 is 0 Å². The summed E-state index contributed by atoms with van der Waals surface area (Å²) in [6.45, 7) is 10.1. The van der Waals surface area contributed by atoms with E-state index < -0.39 is 17.1 Å². The number of piperidine rings is 1. The zero-order valence-corrected chi connectivity index (χ0v) is 22.3. The minimum absolute atomic E-state index is 0.00781. The Balaban J connectivity index is 1.43. The summed E-state index contributed by atoms with van der Waals surface area (Å²) >= 11 is 0. The summed E-state index contributed by atoms with van der Waals surface area (Å²) < 4.78 is 18.7. The van der Waals surface area contributed by atoms with E-state index in [1.54, 1.807) is 11.8 Å². The van der Waals surface area contributed by atoms with Gasteiger partial charge in [0.05, 0.1) is 6.61 Å². The van der Waals surface area contributed by atoms with Crippen molar-refractivity contribution in [2.24, 2.45) is 11.8 Å². The summed E-state index contributed by atoms with van der Waals surface area (Å²) in [6.07, 6.45) is 1.62. The molecule has 6 rings (SSSR count). The maximum atomic E-state index is 13.3. The van der Waals surface area contributed by atoms with Crippen molar-refractivity contribution in [1.29, 1.82) is 0 Å². The highest BCUT2D eigenvalue weighted by Crippen LogP contribution is 2.64. The van der Waals surface area contributed by atoms with Gasteiger partial charge in [0.25, 0.3) is 0 Å². The standard InChI is InChI=1S/C27H34N6O5/c1-5-37-23(34)22-13-18-12-17(16-8-10-36-11-9-16)6-7-21(18)33(22)27(24-28-30-31-29-24)19-14-32(15-20(19)27)25(35)38-26(2,3)4/h6-7,12-13,16,19-20H,5,8-11,14-15H2,1-4H3,(H,28,29,30,31). The summed E-state index contributed by atoms with van der Waals surface area (Å²) in [6, 6.07) is 8.33. The zero-order valence-electron chi connectivity index (χ0n) is 22.3. The molecule has 11 heteroatoms. The second-order valence-corrected chi connectivity index (χ2v) is 11.4. The van der Waals surface area contributed by atoms with Crippen molar-refractivity contribution in [3.63, 3.8) is 0 Å². The summed E-state index contributed by atoms with van der Waals surface area (Å²) in [5.74, 6) is 0.524. The average Bonchev–Trinajstić information content (AvgIpc) is 3.43. The van der Waals surface area contributed by atoms with Crippen molar-refractivity contribution >= 4 is 23.0 Å². The number of aromatic amines is 1. The normalized spacial score (nSPS) is 25.4. The Bertz CT molecular complexity index is 1340. The Morgan fingerprint density at radius 3 is 2.53 bits per heavy atom. The van der Waals surface area contributed by atoms with Crippen molar-refractivity contribution in [1.82, 2.24) is 30.1 Å². The molecule has 0 spiro atoms. The molecule has 3 aliphatic rings. The highest BCUT2D eigenvalue weighted by Gasteiger charge is 2.74. The van der Waals surface area contributed by atoms with Gasteiger partial charge in [0.15, 0.2) is 0 Å². The van der Waals surface area contributed by atoms with Crippen molar-refractivity contribution < 1.29 is 23.8 Å². The maximum Gasteiger partial charge on any atom is 0.410 e. The first-order chi connectivity index (χ1) is 18.2. The summed E-state index contributed by atoms with van der Waals surface area (Å²) in [4.78, 5) is 27.9. The summed E-state index contributed by atoms with van der Waals surface area (Å²) in [7, 11) is 0. The number of aromatic nitrogens is 5. The number of fused-ring (bicyclic) bond motifs is 2. The highest BCUT2D eigenvalue weighted by atomic mass is 16.6. The average molecular weight is 523 g/mol. The van der Waals surface area contributed by atoms with Crippen LogP contribution in [0.3, 0.4) is 0 Å². The van der Waals surface area contributed by atoms with Crippen LogP contribution < -0.4 is 0 Å². The Morgan fingerprint density at radius 1 is 1.16 bits per heavy atom. The molecule has 1 aliphatic carbocycles. The van der Waals surface area contributed by atoms with Gasteiger partial charge in [-0.25, -0.2) is 9.59 Å². The Kier molecular flexibility index (Phi) is 5.93. The fourth-order valence-corrected chi connectivity index (χ4v) is 6.45. The molecule has 2 atom stereocenters. The lowest BCUT2D eigenvalue weighted by molar-refractivity contribution is 0.0253. The predicted octanol–water partition coefficient (Wildman–Crippen LogP) is 3.47. The minimum Gasteiger partial charge on any atom is -0.461 e. The van der Waals surface area contributed by atoms with Crippen LogP contribution in [0.2, 0.25) is 0 Å². The lowest BCUT2D eigenvalue weighted by atomic mass is 9.91. The lowest BCUT2D eigenvalue weighted by Gasteiger charge is -2.30. The molecule has 0 radical (unpaired) electrons. The van der Waals surface area contributed by atoms with Gasteiger partial charge in [-0.3, -0.25) is 0 Å². The van der Waals surface area contributed by atoms with Crippen LogP contribution in [0.1, 0.15) is 68.3 Å². The number of tetrazole rings is 1. The van der Waals surface area contributed by atoms with Crippen LogP contribution in [0, 0.1) is 11.8 Å². The van der Waals surface area contributed by atoms with E-state index in [0.717, 1.165) is 37.0 Å². The maximum absolute atomic E-state index is 13.3. The van der Waals surface area contributed by atoms with Crippen LogP contribution in [-0.2, 0) is 19.7 Å². The zero-order chi connectivity index (χ0) is 26.7. The first-order valence-corrected chi connectivity index (χ1v) is 13.4. The largest absolute Gasteiger partial charge is 0.461 e. The third kappa shape index (κ3) is 3.95. The van der Waals surface area contributed by atoms with Crippen LogP contribution in [0.5, 0.6) is 0 Å². The van der Waals surface area contributed by atoms with Gasteiger partial charge in [-0.15, -0.1) is 10.2 Å². The predicted molar refractivity (Wildman–Crippen MR) is 137 cm³/mol. The second-order valence-electron chi connectivity index (χ2n) is 11.4. The Morgan fingerprint density at radius 2 is 1.89 bits per heavy atom. The van der Waals surface area contributed by atoms with Crippen LogP contribution in [0.15, 0.2) is 24.3 Å². The van der Waals surface area contributed by atoms with E-state index in [9.17, 15) is 9.59 Å². The fraction of sp³-hybridized carbons (Fsp3) is 0.593. The number of nitrogens with one attached hydrogen (secondary N) is 1. The number of hydrogen-bond acceptors (Lipinski definition) is 8. The third-order valence-electron chi connectivity index (χ3n) is 8.07. The molecule has 2 saturated heterocycles. The minimum atomic E-state index is -0.727. The van der Waals surface area contributed by atoms with Crippen molar-refractivity contribution in [3.05, 3.63) is 41.3 Å². The molecule has 11 nitrogen and oxygen atoms in total. The molecule has 3 aromatic rings. The Hall–Kier alpha value is -3.47. The molecule has 0 bridgehead atoms. The number of amides is 1. The van der Waals surface area contributed by atoms with E-state index in [0.29, 0.717) is 30.5 Å². The van der Waals surface area contributed by atoms with Crippen molar-refractivity contribution in [3.8, 4) is 0 Å². The van der Waals surface area contributed by atoms with Gasteiger partial charge in [0, 0.05) is 49.0 Å². The molecule has 1 amide bonds. The number of ether oxygens (including phenoxy) is 3. The number of H-pyrrole nitrogens is 1. The molecular weight excluding hydrogens is 488 g/mol. The lowest BCUT2D eigenvalue weighted by Crippen LogP contribution is -2.41. The van der Waals surface area contributed by atoms with E-state index in [2.05, 4.69) is 38.8 Å². The van der Waals surface area contributed by atoms with E-state index in [1.165, 1.54) is 5.56 Å². The highest BCUT2D eigenvalue weighted by molar-refractivity contribution is 5.96. The molecule has 1 aromatic carbocycles. The van der Waals surface area contributed by atoms with Gasteiger partial charge < -0.3 is 23.7 Å². The fourth-order valence-electron chi connectivity index (χ4n) is 6.45. The van der Waals surface area contributed by atoms with Gasteiger partial charge in [-0.1, -0.05) is 11.3 Å². The quantitative estimate of drug-likeness (QED) is 0.505. The number of rotatable bonds is 5. The molecule has 3 fully saturated rings. The number of carbonyl (C=O) groups excluding carboxylic acids is 2. The molecule has 2 aromatic heterocycles. The van der Waals surface area contributed by atoms with Crippen molar-refractivity contribution in [2.45, 2.75) is 57.6 Å². The van der Waals surface area contributed by atoms with Gasteiger partial charge in [-0.05, 0) is 70.2 Å². The number of carbonyl (C=O) groups is 2. The van der Waals surface area contributed by atoms with Crippen molar-refractivity contribution in [2.75, 3.05) is 32.9 Å². The SMILES string of the molecule is CCOC(=O)c1cc2cc(C3CCOCC3)ccc2n1C1(c2nn[nH]n2)C2CN(C(=O)OC(C)(C)C)CC21. The molecular formula is C27H34N6O5. The number of likely N-dealkylation sites (tertiary alicyclic amines) is 1. The van der Waals surface area contributed by atoms with Gasteiger partial charge in [-0.2, -0.15) is 5.21 Å². The number of benzene rings is 1. The van der Waals surface area contributed by atoms with Gasteiger partial charge in [0.1, 0.15) is 16.8 Å². The molecule has 38 heavy (non-hydrogen) atoms. The van der Waals surface area contributed by atoms with Gasteiger partial charge >= 0.3 is 12.1 Å². The topological polar surface area (TPSA) is 124 Å². The van der Waals surface area contributed by atoms with Crippen LogP contribution in [0.4, 0.5) is 4.79 Å². The molecule has 2 unspecified atom stereocenters. The monoisotopic (exact) mass is 522 g/mol. The first kappa shape index (κ1) is 24.8.